The van der Waals surface area contributed by atoms with Crippen LogP contribution in [0.1, 0.15) is 36.1 Å². The molecule has 0 fully saturated rings. The van der Waals surface area contributed by atoms with Crippen LogP contribution in [0.5, 0.6) is 0 Å². The first-order valence-corrected chi connectivity index (χ1v) is 5.49. The van der Waals surface area contributed by atoms with Crippen LogP contribution in [0.25, 0.3) is 0 Å². The minimum absolute atomic E-state index is 0.129. The van der Waals surface area contributed by atoms with Gasteiger partial charge in [-0.3, -0.25) is 4.79 Å². The Kier molecular flexibility index (Phi) is 3.67. The number of ketones is 1. The zero-order valence-electron chi connectivity index (χ0n) is 10.3. The van der Waals surface area contributed by atoms with Crippen LogP contribution in [-0.2, 0) is 11.2 Å². The Bertz CT molecular complexity index is 377. The molecule has 0 radical (unpaired) electrons. The highest BCUT2D eigenvalue weighted by atomic mass is 16.1. The second kappa shape index (κ2) is 4.61. The van der Waals surface area contributed by atoms with E-state index < -0.39 is 0 Å². The van der Waals surface area contributed by atoms with E-state index in [0.717, 1.165) is 6.42 Å². The molecule has 0 saturated heterocycles. The molecule has 0 aliphatic carbocycles. The monoisotopic (exact) mass is 204 g/mol. The first kappa shape index (κ1) is 12.0. The quantitative estimate of drug-likeness (QED) is 0.737. The van der Waals surface area contributed by atoms with Crippen molar-refractivity contribution in [2.45, 2.75) is 41.0 Å². The van der Waals surface area contributed by atoms with Crippen LogP contribution in [0.3, 0.4) is 0 Å². The maximum absolute atomic E-state index is 11.3. The molecule has 0 spiro atoms. The van der Waals surface area contributed by atoms with Gasteiger partial charge in [-0.2, -0.15) is 0 Å². The summed E-state index contributed by atoms with van der Waals surface area (Å²) < 4.78 is 0. The van der Waals surface area contributed by atoms with Crippen molar-refractivity contribution in [1.82, 2.24) is 0 Å². The Balaban J connectivity index is 3.03. The lowest BCUT2D eigenvalue weighted by Crippen LogP contribution is -2.11. The van der Waals surface area contributed by atoms with Crippen molar-refractivity contribution in [3.63, 3.8) is 0 Å². The summed E-state index contributed by atoms with van der Waals surface area (Å²) in [6.07, 6.45) is 0.870. The van der Waals surface area contributed by atoms with Crippen molar-refractivity contribution in [2.75, 3.05) is 0 Å². The maximum Gasteiger partial charge on any atom is 0.132 e. The zero-order chi connectivity index (χ0) is 11.6. The highest BCUT2D eigenvalue weighted by molar-refractivity contribution is 5.78. The summed E-state index contributed by atoms with van der Waals surface area (Å²) in [5, 5.41) is 0. The van der Waals surface area contributed by atoms with E-state index in [1.165, 1.54) is 22.3 Å². The van der Waals surface area contributed by atoms with Gasteiger partial charge in [-0.1, -0.05) is 19.1 Å². The van der Waals surface area contributed by atoms with Gasteiger partial charge >= 0.3 is 0 Å². The predicted molar refractivity (Wildman–Crippen MR) is 64.2 cm³/mol. The zero-order valence-corrected chi connectivity index (χ0v) is 10.3. The number of rotatable bonds is 3. The molecule has 1 rings (SSSR count). The van der Waals surface area contributed by atoms with Crippen molar-refractivity contribution in [1.29, 1.82) is 0 Å². The fraction of sp³-hybridized carbons (Fsp3) is 0.500. The van der Waals surface area contributed by atoms with Crippen molar-refractivity contribution < 1.29 is 4.79 Å². The fourth-order valence-corrected chi connectivity index (χ4v) is 1.77. The number of Topliss-reactive ketones (excluding diaryl/α,β-unsaturated/α-hetero) is 1. The van der Waals surface area contributed by atoms with Crippen molar-refractivity contribution in [3.8, 4) is 0 Å². The smallest absolute Gasteiger partial charge is 0.132 e. The van der Waals surface area contributed by atoms with Gasteiger partial charge in [0, 0.05) is 5.92 Å². The molecule has 82 valence electrons. The Labute approximate surface area is 92.5 Å². The first-order valence-electron chi connectivity index (χ1n) is 5.49. The van der Waals surface area contributed by atoms with Crippen LogP contribution in [-0.4, -0.2) is 5.78 Å². The van der Waals surface area contributed by atoms with Gasteiger partial charge in [0.05, 0.1) is 0 Å². The van der Waals surface area contributed by atoms with E-state index in [2.05, 4.69) is 32.9 Å². The molecule has 0 bridgehead atoms. The number of benzene rings is 1. The molecule has 0 aliphatic rings. The van der Waals surface area contributed by atoms with Gasteiger partial charge in [0.2, 0.25) is 0 Å². The van der Waals surface area contributed by atoms with Crippen LogP contribution in [0.15, 0.2) is 12.1 Å². The van der Waals surface area contributed by atoms with Crippen molar-refractivity contribution >= 4 is 5.78 Å². The number of aryl methyl sites for hydroxylation is 2. The number of hydrogen-bond acceptors (Lipinski definition) is 1. The van der Waals surface area contributed by atoms with Gasteiger partial charge in [-0.05, 0) is 56.4 Å². The Hall–Kier alpha value is -1.11. The van der Waals surface area contributed by atoms with Gasteiger partial charge in [-0.15, -0.1) is 0 Å². The summed E-state index contributed by atoms with van der Waals surface area (Å²) in [5.41, 5.74) is 5.29. The van der Waals surface area contributed by atoms with Crippen molar-refractivity contribution in [3.05, 3.63) is 34.4 Å². The number of carbonyl (C=O) groups excluding carboxylic acids is 1. The van der Waals surface area contributed by atoms with Gasteiger partial charge in [0.1, 0.15) is 5.78 Å². The van der Waals surface area contributed by atoms with Gasteiger partial charge in [0.25, 0.3) is 0 Å². The summed E-state index contributed by atoms with van der Waals surface area (Å²) in [6, 6.07) is 4.29. The van der Waals surface area contributed by atoms with Gasteiger partial charge < -0.3 is 0 Å². The van der Waals surface area contributed by atoms with Crippen LogP contribution in [0, 0.1) is 26.7 Å². The number of hydrogen-bond donors (Lipinski definition) is 0. The molecule has 0 amide bonds. The van der Waals surface area contributed by atoms with Gasteiger partial charge in [-0.25, -0.2) is 0 Å². The molecule has 0 aromatic heterocycles. The van der Waals surface area contributed by atoms with Crippen LogP contribution in [0.4, 0.5) is 0 Å². The third kappa shape index (κ3) is 2.68. The van der Waals surface area contributed by atoms with E-state index in [9.17, 15) is 4.79 Å². The van der Waals surface area contributed by atoms with E-state index in [-0.39, 0.29) is 11.7 Å². The van der Waals surface area contributed by atoms with Crippen LogP contribution < -0.4 is 0 Å². The lowest BCUT2D eigenvalue weighted by molar-refractivity contribution is -0.120. The Morgan fingerprint density at radius 1 is 1.20 bits per heavy atom. The minimum Gasteiger partial charge on any atom is -0.300 e. The number of carbonyl (C=O) groups is 1. The highest BCUT2D eigenvalue weighted by Crippen LogP contribution is 2.21. The van der Waals surface area contributed by atoms with Gasteiger partial charge in [0.15, 0.2) is 0 Å². The summed E-state index contributed by atoms with van der Waals surface area (Å²) in [6.45, 7) is 10.1. The molecule has 0 aliphatic heterocycles. The average molecular weight is 204 g/mol. The second-order valence-electron chi connectivity index (χ2n) is 4.52. The summed E-state index contributed by atoms with van der Waals surface area (Å²) in [7, 11) is 0. The minimum atomic E-state index is 0.129. The maximum atomic E-state index is 11.3. The Morgan fingerprint density at radius 3 is 2.27 bits per heavy atom. The summed E-state index contributed by atoms with van der Waals surface area (Å²) >= 11 is 0. The summed E-state index contributed by atoms with van der Waals surface area (Å²) in [5.74, 6) is 0.402. The van der Waals surface area contributed by atoms with E-state index in [1.54, 1.807) is 6.92 Å². The van der Waals surface area contributed by atoms with E-state index in [1.807, 2.05) is 6.92 Å². The molecule has 1 aromatic rings. The van der Waals surface area contributed by atoms with E-state index >= 15 is 0 Å². The molecule has 1 aromatic carbocycles. The topological polar surface area (TPSA) is 17.1 Å². The molecule has 1 heteroatoms. The molecule has 15 heavy (non-hydrogen) atoms. The lowest BCUT2D eigenvalue weighted by Gasteiger charge is -2.15. The third-order valence-electron chi connectivity index (χ3n) is 3.31. The SMILES string of the molecule is CC(=O)C(C)Cc1c(C)ccc(C)c1C. The molecule has 1 unspecified atom stereocenters. The highest BCUT2D eigenvalue weighted by Gasteiger charge is 2.12. The van der Waals surface area contributed by atoms with E-state index in [0.29, 0.717) is 0 Å². The molecule has 0 saturated carbocycles. The molecule has 0 heterocycles. The predicted octanol–water partition coefficient (Wildman–Crippen LogP) is 3.38. The fourth-order valence-electron chi connectivity index (χ4n) is 1.77. The normalized spacial score (nSPS) is 12.6. The van der Waals surface area contributed by atoms with Crippen LogP contribution in [0.2, 0.25) is 0 Å². The first-order chi connectivity index (χ1) is 6.93. The summed E-state index contributed by atoms with van der Waals surface area (Å²) in [4.78, 5) is 11.3. The molecule has 0 N–H and O–H groups in total. The van der Waals surface area contributed by atoms with E-state index in [4.69, 9.17) is 0 Å². The lowest BCUT2D eigenvalue weighted by atomic mass is 9.90. The van der Waals surface area contributed by atoms with Crippen molar-refractivity contribution in [2.24, 2.45) is 5.92 Å². The molecular weight excluding hydrogens is 184 g/mol. The third-order valence-corrected chi connectivity index (χ3v) is 3.31. The molecule has 1 atom stereocenters. The van der Waals surface area contributed by atoms with Crippen LogP contribution >= 0.6 is 0 Å². The Morgan fingerprint density at radius 2 is 1.73 bits per heavy atom. The standard InChI is InChI=1S/C14H20O/c1-9-6-7-10(2)14(12(9)4)8-11(3)13(5)15/h6-7,11H,8H2,1-5H3. The molecule has 1 nitrogen and oxygen atoms in total. The second-order valence-corrected chi connectivity index (χ2v) is 4.52. The largest absolute Gasteiger partial charge is 0.300 e. The molecular formula is C14H20O. The average Bonchev–Trinajstić information content (AvgIpc) is 2.18.